The van der Waals surface area contributed by atoms with Crippen LogP contribution in [-0.4, -0.2) is 25.5 Å². The van der Waals surface area contributed by atoms with Crippen LogP contribution in [0.2, 0.25) is 0 Å². The summed E-state index contributed by atoms with van der Waals surface area (Å²) in [7, 11) is -3.60. The van der Waals surface area contributed by atoms with Gasteiger partial charge >= 0.3 is 5.97 Å². The molecule has 0 fully saturated rings. The van der Waals surface area contributed by atoms with Crippen molar-refractivity contribution < 1.29 is 18.3 Å². The molecule has 5 nitrogen and oxygen atoms in total. The Hall–Kier alpha value is -0.920. The van der Waals surface area contributed by atoms with Gasteiger partial charge in [0.1, 0.15) is 9.09 Å². The second-order valence-electron chi connectivity index (χ2n) is 3.81. The van der Waals surface area contributed by atoms with E-state index in [1.54, 1.807) is 13.8 Å². The Morgan fingerprint density at radius 3 is 2.59 bits per heavy atom. The fraction of sp³-hybridized carbons (Fsp3) is 0.500. The van der Waals surface area contributed by atoms with Crippen LogP contribution in [0.1, 0.15) is 35.5 Å². The SMILES string of the molecule is CCC(C)NS(=O)(=O)c1cc(C)c(C(=O)O)s1. The van der Waals surface area contributed by atoms with Crippen LogP contribution >= 0.6 is 11.3 Å². The van der Waals surface area contributed by atoms with Gasteiger partial charge in [0.25, 0.3) is 0 Å². The lowest BCUT2D eigenvalue weighted by atomic mass is 10.3. The summed E-state index contributed by atoms with van der Waals surface area (Å²) in [5.41, 5.74) is 0.465. The molecule has 0 spiro atoms. The molecule has 0 aliphatic carbocycles. The van der Waals surface area contributed by atoms with Crippen molar-refractivity contribution in [2.75, 3.05) is 0 Å². The molecule has 2 N–H and O–H groups in total. The topological polar surface area (TPSA) is 83.5 Å². The van der Waals surface area contributed by atoms with E-state index in [1.165, 1.54) is 6.07 Å². The minimum Gasteiger partial charge on any atom is -0.477 e. The molecule has 96 valence electrons. The molecule has 0 saturated carbocycles. The third kappa shape index (κ3) is 3.27. The maximum atomic E-state index is 11.9. The minimum atomic E-state index is -3.60. The first kappa shape index (κ1) is 14.1. The number of thiophene rings is 1. The molecule has 0 amide bonds. The first-order chi connectivity index (χ1) is 7.77. The average Bonchev–Trinajstić information content (AvgIpc) is 2.60. The first-order valence-electron chi connectivity index (χ1n) is 5.14. The molecule has 0 saturated heterocycles. The Bertz CT molecular complexity index is 518. The second kappa shape index (κ2) is 5.16. The lowest BCUT2D eigenvalue weighted by molar-refractivity contribution is 0.0701. The summed E-state index contributed by atoms with van der Waals surface area (Å²) in [5, 5.41) is 8.87. The highest BCUT2D eigenvalue weighted by Crippen LogP contribution is 2.26. The van der Waals surface area contributed by atoms with Gasteiger partial charge in [-0.2, -0.15) is 0 Å². The van der Waals surface area contributed by atoms with Crippen LogP contribution in [0.4, 0.5) is 0 Å². The fourth-order valence-corrected chi connectivity index (χ4v) is 3.93. The van der Waals surface area contributed by atoms with Gasteiger partial charge in [0.15, 0.2) is 0 Å². The number of sulfonamides is 1. The lowest BCUT2D eigenvalue weighted by Gasteiger charge is -2.10. The minimum absolute atomic E-state index is 0.0488. The number of aromatic carboxylic acids is 1. The highest BCUT2D eigenvalue weighted by Gasteiger charge is 2.22. The van der Waals surface area contributed by atoms with Crippen LogP contribution in [0.25, 0.3) is 0 Å². The number of carboxylic acid groups (broad SMARTS) is 1. The van der Waals surface area contributed by atoms with E-state index in [4.69, 9.17) is 5.11 Å². The summed E-state index contributed by atoms with van der Waals surface area (Å²) in [5.74, 6) is -1.10. The molecule has 1 aromatic heterocycles. The Morgan fingerprint density at radius 1 is 1.59 bits per heavy atom. The molecular weight excluding hydrogens is 262 g/mol. The van der Waals surface area contributed by atoms with Gasteiger partial charge in [-0.1, -0.05) is 6.92 Å². The summed E-state index contributed by atoms with van der Waals surface area (Å²) >= 11 is 0.777. The van der Waals surface area contributed by atoms with E-state index in [0.717, 1.165) is 11.3 Å². The largest absolute Gasteiger partial charge is 0.477 e. The Kier molecular flexibility index (Phi) is 4.29. The standard InChI is InChI=1S/C10H15NO4S2/c1-4-7(3)11-17(14,15)8-5-6(2)9(16-8)10(12)13/h5,7,11H,4H2,1-3H3,(H,12,13). The molecule has 1 unspecified atom stereocenters. The number of nitrogens with one attached hydrogen (secondary N) is 1. The number of aryl methyl sites for hydroxylation is 1. The van der Waals surface area contributed by atoms with Gasteiger partial charge in [0.2, 0.25) is 10.0 Å². The van der Waals surface area contributed by atoms with E-state index in [0.29, 0.717) is 12.0 Å². The molecule has 17 heavy (non-hydrogen) atoms. The zero-order chi connectivity index (χ0) is 13.2. The molecular formula is C10H15NO4S2. The van der Waals surface area contributed by atoms with Crippen molar-refractivity contribution in [1.82, 2.24) is 4.72 Å². The van der Waals surface area contributed by atoms with Crippen LogP contribution in [-0.2, 0) is 10.0 Å². The van der Waals surface area contributed by atoms with Crippen molar-refractivity contribution in [3.63, 3.8) is 0 Å². The third-order valence-electron chi connectivity index (χ3n) is 2.32. The van der Waals surface area contributed by atoms with Gasteiger partial charge in [0, 0.05) is 6.04 Å². The zero-order valence-electron chi connectivity index (χ0n) is 9.85. The summed E-state index contributed by atoms with van der Waals surface area (Å²) in [6.07, 6.45) is 0.676. The van der Waals surface area contributed by atoms with E-state index < -0.39 is 16.0 Å². The van der Waals surface area contributed by atoms with Crippen molar-refractivity contribution in [3.05, 3.63) is 16.5 Å². The van der Waals surface area contributed by atoms with E-state index in [9.17, 15) is 13.2 Å². The fourth-order valence-electron chi connectivity index (χ4n) is 1.20. The zero-order valence-corrected chi connectivity index (χ0v) is 11.5. The molecule has 1 aromatic rings. The van der Waals surface area contributed by atoms with Crippen LogP contribution in [0.3, 0.4) is 0 Å². The van der Waals surface area contributed by atoms with Crippen molar-refractivity contribution in [2.45, 2.75) is 37.4 Å². The Labute approximate surface area is 105 Å². The monoisotopic (exact) mass is 277 g/mol. The molecule has 0 aliphatic heterocycles. The van der Waals surface area contributed by atoms with Gasteiger partial charge in [-0.25, -0.2) is 17.9 Å². The smallest absolute Gasteiger partial charge is 0.346 e. The summed E-state index contributed by atoms with van der Waals surface area (Å²) in [6.45, 7) is 5.22. The molecule has 0 aliphatic rings. The van der Waals surface area contributed by atoms with Crippen LogP contribution in [0.5, 0.6) is 0 Å². The predicted octanol–water partition coefficient (Wildman–Crippen LogP) is 1.83. The summed E-state index contributed by atoms with van der Waals surface area (Å²) < 4.78 is 26.3. The quantitative estimate of drug-likeness (QED) is 0.860. The van der Waals surface area contributed by atoms with Crippen LogP contribution in [0, 0.1) is 6.92 Å². The molecule has 7 heteroatoms. The van der Waals surface area contributed by atoms with Gasteiger partial charge < -0.3 is 5.11 Å². The number of hydrogen-bond acceptors (Lipinski definition) is 4. The van der Waals surface area contributed by atoms with E-state index in [2.05, 4.69) is 4.72 Å². The third-order valence-corrected chi connectivity index (χ3v) is 5.61. The summed E-state index contributed by atoms with van der Waals surface area (Å²) in [6, 6.07) is 1.22. The first-order valence-corrected chi connectivity index (χ1v) is 7.44. The van der Waals surface area contributed by atoms with Gasteiger partial charge in [-0.3, -0.25) is 0 Å². The van der Waals surface area contributed by atoms with Gasteiger partial charge in [-0.05, 0) is 31.9 Å². The van der Waals surface area contributed by atoms with E-state index in [-0.39, 0.29) is 15.1 Å². The number of rotatable bonds is 5. The van der Waals surface area contributed by atoms with Crippen LogP contribution < -0.4 is 4.72 Å². The number of hydrogen-bond donors (Lipinski definition) is 2. The maximum absolute atomic E-state index is 11.9. The summed E-state index contributed by atoms with van der Waals surface area (Å²) in [4.78, 5) is 10.9. The Balaban J connectivity index is 3.08. The Morgan fingerprint density at radius 2 is 2.18 bits per heavy atom. The highest BCUT2D eigenvalue weighted by molar-refractivity contribution is 7.91. The van der Waals surface area contributed by atoms with E-state index in [1.807, 2.05) is 6.92 Å². The second-order valence-corrected chi connectivity index (χ2v) is 6.81. The van der Waals surface area contributed by atoms with Crippen molar-refractivity contribution in [1.29, 1.82) is 0 Å². The molecule has 0 aromatic carbocycles. The van der Waals surface area contributed by atoms with Gasteiger partial charge in [-0.15, -0.1) is 11.3 Å². The molecule has 1 heterocycles. The number of carboxylic acids is 1. The van der Waals surface area contributed by atoms with Crippen molar-refractivity contribution in [3.8, 4) is 0 Å². The predicted molar refractivity (Wildman–Crippen MR) is 66.1 cm³/mol. The van der Waals surface area contributed by atoms with Crippen molar-refractivity contribution in [2.24, 2.45) is 0 Å². The average molecular weight is 277 g/mol. The number of carbonyl (C=O) groups is 1. The highest BCUT2D eigenvalue weighted by atomic mass is 32.2. The molecule has 0 bridgehead atoms. The molecule has 0 radical (unpaired) electrons. The van der Waals surface area contributed by atoms with Crippen molar-refractivity contribution >= 4 is 27.3 Å². The molecule has 1 atom stereocenters. The van der Waals surface area contributed by atoms with Crippen LogP contribution in [0.15, 0.2) is 10.3 Å². The van der Waals surface area contributed by atoms with Gasteiger partial charge in [0.05, 0.1) is 0 Å². The van der Waals surface area contributed by atoms with E-state index >= 15 is 0 Å². The molecule has 1 rings (SSSR count). The lowest BCUT2D eigenvalue weighted by Crippen LogP contribution is -2.31. The maximum Gasteiger partial charge on any atom is 0.346 e. The normalized spacial score (nSPS) is 13.6.